The van der Waals surface area contributed by atoms with Crippen molar-refractivity contribution in [2.45, 2.75) is 39.2 Å². The summed E-state index contributed by atoms with van der Waals surface area (Å²) in [5.74, 6) is -3.62. The molecule has 9 heteroatoms. The van der Waals surface area contributed by atoms with Gasteiger partial charge in [-0.2, -0.15) is 0 Å². The smallest absolute Gasteiger partial charge is 0.327 e. The van der Waals surface area contributed by atoms with Crippen LogP contribution in [0, 0.1) is 10.1 Å². The standard InChI is InChI=1S/C15H20N2O7/c1-6-23-13(18)11(14(19)24-15(2,3)4)12-9(17(20)21)7-8-10(16-12)22-5/h7-8,11H,6H2,1-5H3. The van der Waals surface area contributed by atoms with E-state index in [4.69, 9.17) is 14.2 Å². The molecule has 0 amide bonds. The monoisotopic (exact) mass is 340 g/mol. The largest absolute Gasteiger partial charge is 0.481 e. The molecule has 0 fully saturated rings. The van der Waals surface area contributed by atoms with Crippen LogP contribution in [0.2, 0.25) is 0 Å². The van der Waals surface area contributed by atoms with Crippen molar-refractivity contribution >= 4 is 17.6 Å². The molecule has 0 radical (unpaired) electrons. The van der Waals surface area contributed by atoms with Gasteiger partial charge in [-0.3, -0.25) is 19.7 Å². The summed E-state index contributed by atoms with van der Waals surface area (Å²) in [6, 6.07) is 2.37. The van der Waals surface area contributed by atoms with E-state index in [2.05, 4.69) is 4.98 Å². The molecule has 0 aliphatic carbocycles. The number of methoxy groups -OCH3 is 1. The maximum atomic E-state index is 12.4. The van der Waals surface area contributed by atoms with Crippen molar-refractivity contribution in [1.82, 2.24) is 4.98 Å². The number of ether oxygens (including phenoxy) is 3. The number of nitro groups is 1. The molecule has 0 bridgehead atoms. The van der Waals surface area contributed by atoms with Crippen LogP contribution in [0.5, 0.6) is 5.88 Å². The molecule has 24 heavy (non-hydrogen) atoms. The van der Waals surface area contributed by atoms with E-state index in [1.54, 1.807) is 27.7 Å². The molecule has 1 aromatic heterocycles. The van der Waals surface area contributed by atoms with Crippen molar-refractivity contribution in [3.8, 4) is 5.88 Å². The summed E-state index contributed by atoms with van der Waals surface area (Å²) in [5.41, 5.74) is -1.78. The van der Waals surface area contributed by atoms with Gasteiger partial charge in [0.25, 0.3) is 5.69 Å². The first-order valence-electron chi connectivity index (χ1n) is 7.19. The van der Waals surface area contributed by atoms with Gasteiger partial charge in [-0.05, 0) is 27.7 Å². The van der Waals surface area contributed by atoms with E-state index < -0.39 is 34.1 Å². The summed E-state index contributed by atoms with van der Waals surface area (Å²) in [6.07, 6.45) is 0. The highest BCUT2D eigenvalue weighted by Crippen LogP contribution is 2.30. The van der Waals surface area contributed by atoms with Crippen LogP contribution in [0.25, 0.3) is 0 Å². The molecule has 0 saturated heterocycles. The minimum absolute atomic E-state index is 0.00407. The molecule has 1 heterocycles. The minimum atomic E-state index is -1.68. The second kappa shape index (κ2) is 7.71. The second-order valence-electron chi connectivity index (χ2n) is 5.73. The first-order valence-corrected chi connectivity index (χ1v) is 7.19. The van der Waals surface area contributed by atoms with Gasteiger partial charge in [0.2, 0.25) is 11.8 Å². The van der Waals surface area contributed by atoms with E-state index in [-0.39, 0.29) is 18.2 Å². The average Bonchev–Trinajstić information content (AvgIpc) is 2.45. The zero-order valence-electron chi connectivity index (χ0n) is 14.2. The summed E-state index contributed by atoms with van der Waals surface area (Å²) in [5, 5.41) is 11.2. The third-order valence-electron chi connectivity index (χ3n) is 2.72. The Balaban J connectivity index is 3.45. The van der Waals surface area contributed by atoms with Gasteiger partial charge in [0.1, 0.15) is 11.3 Å². The molecule has 1 unspecified atom stereocenters. The van der Waals surface area contributed by atoms with E-state index in [9.17, 15) is 19.7 Å². The SMILES string of the molecule is CCOC(=O)C(C(=O)OC(C)(C)C)c1nc(OC)ccc1[N+](=O)[O-]. The molecule has 1 rings (SSSR count). The van der Waals surface area contributed by atoms with Crippen molar-refractivity contribution < 1.29 is 28.7 Å². The van der Waals surface area contributed by atoms with Gasteiger partial charge < -0.3 is 14.2 Å². The van der Waals surface area contributed by atoms with Gasteiger partial charge in [-0.15, -0.1) is 0 Å². The highest BCUT2D eigenvalue weighted by Gasteiger charge is 2.40. The predicted octanol–water partition coefficient (Wildman–Crippen LogP) is 1.99. The fourth-order valence-corrected chi connectivity index (χ4v) is 1.84. The first kappa shape index (κ1) is 19.3. The Morgan fingerprint density at radius 1 is 1.29 bits per heavy atom. The van der Waals surface area contributed by atoms with Crippen molar-refractivity contribution in [3.05, 3.63) is 27.9 Å². The second-order valence-corrected chi connectivity index (χ2v) is 5.73. The lowest BCUT2D eigenvalue weighted by atomic mass is 10.0. The molecule has 0 aromatic carbocycles. The van der Waals surface area contributed by atoms with Crippen LogP contribution in [0.1, 0.15) is 39.3 Å². The highest BCUT2D eigenvalue weighted by molar-refractivity contribution is 6.01. The predicted molar refractivity (Wildman–Crippen MR) is 82.7 cm³/mol. The molecule has 1 aromatic rings. The van der Waals surface area contributed by atoms with E-state index >= 15 is 0 Å². The molecule has 0 aliphatic rings. The van der Waals surface area contributed by atoms with Crippen LogP contribution < -0.4 is 4.74 Å². The normalized spacial score (nSPS) is 12.2. The number of carbonyl (C=O) groups is 2. The Kier molecular flexibility index (Phi) is 6.21. The Hall–Kier alpha value is -2.71. The zero-order valence-corrected chi connectivity index (χ0v) is 14.2. The summed E-state index contributed by atoms with van der Waals surface area (Å²) in [4.78, 5) is 39.0. The molecular weight excluding hydrogens is 320 g/mol. The molecule has 9 nitrogen and oxygen atoms in total. The van der Waals surface area contributed by atoms with Crippen molar-refractivity contribution in [2.24, 2.45) is 0 Å². The average molecular weight is 340 g/mol. The lowest BCUT2D eigenvalue weighted by molar-refractivity contribution is -0.386. The Morgan fingerprint density at radius 3 is 2.38 bits per heavy atom. The third-order valence-corrected chi connectivity index (χ3v) is 2.72. The molecule has 132 valence electrons. The Labute approximate surface area is 139 Å². The van der Waals surface area contributed by atoms with Gasteiger partial charge in [-0.25, -0.2) is 4.98 Å². The Morgan fingerprint density at radius 2 is 1.92 bits per heavy atom. The van der Waals surface area contributed by atoms with E-state index in [1.807, 2.05) is 0 Å². The van der Waals surface area contributed by atoms with Crippen molar-refractivity contribution in [3.63, 3.8) is 0 Å². The third kappa shape index (κ3) is 4.90. The summed E-state index contributed by atoms with van der Waals surface area (Å²) in [7, 11) is 1.31. The van der Waals surface area contributed by atoms with Crippen molar-refractivity contribution in [2.75, 3.05) is 13.7 Å². The van der Waals surface area contributed by atoms with Gasteiger partial charge in [0.05, 0.1) is 18.6 Å². The van der Waals surface area contributed by atoms with Crippen LogP contribution >= 0.6 is 0 Å². The molecule has 0 saturated carbocycles. The van der Waals surface area contributed by atoms with Gasteiger partial charge in [-0.1, -0.05) is 0 Å². The lowest BCUT2D eigenvalue weighted by Crippen LogP contribution is -2.33. The molecule has 1 atom stereocenters. The van der Waals surface area contributed by atoms with Gasteiger partial charge in [0.15, 0.2) is 0 Å². The molecule has 0 N–H and O–H groups in total. The zero-order chi connectivity index (χ0) is 18.5. The lowest BCUT2D eigenvalue weighted by Gasteiger charge is -2.23. The topological polar surface area (TPSA) is 118 Å². The van der Waals surface area contributed by atoms with Crippen LogP contribution in [0.4, 0.5) is 5.69 Å². The van der Waals surface area contributed by atoms with Crippen molar-refractivity contribution in [1.29, 1.82) is 0 Å². The fourth-order valence-electron chi connectivity index (χ4n) is 1.84. The summed E-state index contributed by atoms with van der Waals surface area (Å²) >= 11 is 0. The molecule has 0 spiro atoms. The van der Waals surface area contributed by atoms with Crippen LogP contribution in [0.3, 0.4) is 0 Å². The molecular formula is C15H20N2O7. The molecule has 0 aliphatic heterocycles. The summed E-state index contributed by atoms with van der Waals surface area (Å²) < 4.78 is 15.0. The van der Waals surface area contributed by atoms with E-state index in [0.717, 1.165) is 6.07 Å². The van der Waals surface area contributed by atoms with E-state index in [0.29, 0.717) is 0 Å². The van der Waals surface area contributed by atoms with Gasteiger partial charge >= 0.3 is 11.9 Å². The van der Waals surface area contributed by atoms with E-state index in [1.165, 1.54) is 13.2 Å². The van der Waals surface area contributed by atoms with Crippen LogP contribution in [-0.4, -0.2) is 41.2 Å². The van der Waals surface area contributed by atoms with Crippen LogP contribution in [0.15, 0.2) is 12.1 Å². The maximum absolute atomic E-state index is 12.4. The number of pyridine rings is 1. The van der Waals surface area contributed by atoms with Gasteiger partial charge in [0, 0.05) is 12.1 Å². The number of carbonyl (C=O) groups excluding carboxylic acids is 2. The Bertz CT molecular complexity index is 637. The number of hydrogen-bond donors (Lipinski definition) is 0. The highest BCUT2D eigenvalue weighted by atomic mass is 16.6. The fraction of sp³-hybridized carbons (Fsp3) is 0.533. The minimum Gasteiger partial charge on any atom is -0.481 e. The first-order chi connectivity index (χ1) is 11.1. The van der Waals surface area contributed by atoms with Crippen LogP contribution in [-0.2, 0) is 19.1 Å². The maximum Gasteiger partial charge on any atom is 0.327 e. The number of rotatable bonds is 6. The quantitative estimate of drug-likeness (QED) is 0.334. The number of hydrogen-bond acceptors (Lipinski definition) is 8. The number of esters is 2. The summed E-state index contributed by atoms with van der Waals surface area (Å²) in [6.45, 7) is 6.38. The number of aromatic nitrogens is 1. The number of nitrogens with zero attached hydrogens (tertiary/aromatic N) is 2.